The van der Waals surface area contributed by atoms with Gasteiger partial charge < -0.3 is 9.64 Å². The number of nitrogens with zero attached hydrogens (tertiary/aromatic N) is 6. The summed E-state index contributed by atoms with van der Waals surface area (Å²) in [6.45, 7) is 0.310. The van der Waals surface area contributed by atoms with Gasteiger partial charge in [0.15, 0.2) is 5.82 Å². The maximum Gasteiger partial charge on any atom is 0.433 e. The molecule has 0 fully saturated rings. The fourth-order valence-corrected chi connectivity index (χ4v) is 4.57. The number of fused-ring (bicyclic) bond motifs is 2. The van der Waals surface area contributed by atoms with Crippen molar-refractivity contribution in [2.24, 2.45) is 14.1 Å². The van der Waals surface area contributed by atoms with Gasteiger partial charge in [-0.25, -0.2) is 9.37 Å². The van der Waals surface area contributed by atoms with Gasteiger partial charge in [-0.3, -0.25) is 14.2 Å². The molecule has 1 amide bonds. The Kier molecular flexibility index (Phi) is 5.26. The van der Waals surface area contributed by atoms with Gasteiger partial charge in [0, 0.05) is 31.6 Å². The second kappa shape index (κ2) is 8.07. The molecule has 4 heterocycles. The Hall–Kier alpha value is -3.96. The summed E-state index contributed by atoms with van der Waals surface area (Å²) >= 11 is 0. The van der Waals surface area contributed by atoms with E-state index in [1.54, 1.807) is 25.2 Å². The van der Waals surface area contributed by atoms with Crippen LogP contribution in [0.3, 0.4) is 0 Å². The number of methoxy groups -OCH3 is 1. The van der Waals surface area contributed by atoms with Crippen LogP contribution < -0.4 is 4.74 Å². The number of rotatable bonds is 3. The summed E-state index contributed by atoms with van der Waals surface area (Å²) in [5.41, 5.74) is 1.23. The van der Waals surface area contributed by atoms with Crippen LogP contribution in [0.25, 0.3) is 22.3 Å². The van der Waals surface area contributed by atoms with Gasteiger partial charge in [-0.15, -0.1) is 0 Å². The maximum atomic E-state index is 14.8. The number of halogens is 4. The molecule has 0 N–H and O–H groups in total. The normalized spacial score (nSPS) is 13.9. The summed E-state index contributed by atoms with van der Waals surface area (Å²) in [5.74, 6) is -0.866. The number of carbonyl (C=O) groups excluding carboxylic acids is 1. The Balaban J connectivity index is 1.50. The summed E-state index contributed by atoms with van der Waals surface area (Å²) < 4.78 is 62.1. The number of hydrogen-bond acceptors (Lipinski definition) is 5. The highest BCUT2D eigenvalue weighted by Gasteiger charge is 2.36. The van der Waals surface area contributed by atoms with Gasteiger partial charge in [0.25, 0.3) is 5.91 Å². The van der Waals surface area contributed by atoms with Crippen molar-refractivity contribution in [2.45, 2.75) is 19.1 Å². The molecular formula is C23H20F4N6O2. The van der Waals surface area contributed by atoms with Crippen LogP contribution in [-0.2, 0) is 33.2 Å². The minimum Gasteiger partial charge on any atom is -0.494 e. The number of benzene rings is 1. The van der Waals surface area contributed by atoms with Crippen molar-refractivity contribution in [1.82, 2.24) is 29.4 Å². The van der Waals surface area contributed by atoms with Crippen LogP contribution in [0, 0.1) is 5.82 Å². The van der Waals surface area contributed by atoms with Gasteiger partial charge in [0.05, 0.1) is 36.8 Å². The molecule has 182 valence electrons. The van der Waals surface area contributed by atoms with Crippen molar-refractivity contribution >= 4 is 16.8 Å². The first kappa shape index (κ1) is 22.8. The van der Waals surface area contributed by atoms with Crippen LogP contribution in [0.15, 0.2) is 30.5 Å². The molecule has 0 bridgehead atoms. The zero-order valence-electron chi connectivity index (χ0n) is 19.0. The largest absolute Gasteiger partial charge is 0.494 e. The van der Waals surface area contributed by atoms with Crippen LogP contribution in [0.5, 0.6) is 5.75 Å². The minimum atomic E-state index is -4.54. The fourth-order valence-electron chi connectivity index (χ4n) is 4.57. The number of pyridine rings is 1. The molecule has 1 aliphatic heterocycles. The molecule has 1 aromatic carbocycles. The molecule has 0 aliphatic carbocycles. The first-order chi connectivity index (χ1) is 16.6. The van der Waals surface area contributed by atoms with Crippen molar-refractivity contribution in [3.8, 4) is 17.1 Å². The summed E-state index contributed by atoms with van der Waals surface area (Å²) in [6, 6.07) is 5.92. The molecule has 12 heteroatoms. The molecule has 1 aliphatic rings. The number of para-hydroxylation sites is 1. The second-order valence-corrected chi connectivity index (χ2v) is 8.25. The molecule has 3 aromatic heterocycles. The highest BCUT2D eigenvalue weighted by molar-refractivity contribution is 6.07. The highest BCUT2D eigenvalue weighted by atomic mass is 19.4. The lowest BCUT2D eigenvalue weighted by Crippen LogP contribution is -2.36. The van der Waals surface area contributed by atoms with Crippen LogP contribution in [0.1, 0.15) is 27.3 Å². The van der Waals surface area contributed by atoms with Gasteiger partial charge in [-0.1, -0.05) is 12.1 Å². The Bertz CT molecular complexity index is 1470. The summed E-state index contributed by atoms with van der Waals surface area (Å²) in [4.78, 5) is 18.9. The number of alkyl halides is 3. The number of aryl methyl sites for hydroxylation is 2. The number of amides is 1. The average molecular weight is 488 g/mol. The topological polar surface area (TPSA) is 78.1 Å². The summed E-state index contributed by atoms with van der Waals surface area (Å²) in [7, 11) is 4.31. The molecule has 0 radical (unpaired) electrons. The molecule has 0 unspecified atom stereocenters. The Morgan fingerprint density at radius 1 is 1.14 bits per heavy atom. The zero-order valence-corrected chi connectivity index (χ0v) is 19.0. The summed E-state index contributed by atoms with van der Waals surface area (Å²) in [6.07, 6.45) is -3.22. The number of hydrogen-bond donors (Lipinski definition) is 0. The molecule has 35 heavy (non-hydrogen) atoms. The number of ether oxygens (including phenoxy) is 1. The van der Waals surface area contributed by atoms with E-state index in [1.807, 2.05) is 0 Å². The van der Waals surface area contributed by atoms with Gasteiger partial charge in [-0.05, 0) is 18.6 Å². The van der Waals surface area contributed by atoms with E-state index in [4.69, 9.17) is 4.74 Å². The summed E-state index contributed by atoms with van der Waals surface area (Å²) in [5, 5.41) is 8.80. The molecular weight excluding hydrogens is 468 g/mol. The second-order valence-electron chi connectivity index (χ2n) is 8.25. The minimum absolute atomic E-state index is 0.0776. The van der Waals surface area contributed by atoms with Crippen molar-refractivity contribution in [2.75, 3.05) is 13.7 Å². The van der Waals surface area contributed by atoms with Crippen LogP contribution in [0.2, 0.25) is 0 Å². The third-order valence-corrected chi connectivity index (χ3v) is 6.15. The molecule has 0 spiro atoms. The SMILES string of the molecule is COc1cccc2c(C(=O)N3CCc4c(nn(C)c4-c4cc(C(F)(F)F)n(C)n4)C3)c(F)cnc12. The predicted molar refractivity (Wildman–Crippen MR) is 117 cm³/mol. The van der Waals surface area contributed by atoms with Crippen molar-refractivity contribution in [3.63, 3.8) is 0 Å². The van der Waals surface area contributed by atoms with Crippen LogP contribution in [-0.4, -0.2) is 49.0 Å². The fraction of sp³-hybridized carbons (Fsp3) is 0.304. The van der Waals surface area contributed by atoms with Crippen LogP contribution >= 0.6 is 0 Å². The highest BCUT2D eigenvalue weighted by Crippen LogP contribution is 2.35. The van der Waals surface area contributed by atoms with Gasteiger partial charge in [-0.2, -0.15) is 23.4 Å². The van der Waals surface area contributed by atoms with Gasteiger partial charge in [0.1, 0.15) is 22.7 Å². The van der Waals surface area contributed by atoms with Crippen molar-refractivity contribution < 1.29 is 27.1 Å². The van der Waals surface area contributed by atoms with E-state index >= 15 is 0 Å². The molecule has 0 saturated heterocycles. The first-order valence-corrected chi connectivity index (χ1v) is 10.7. The Morgan fingerprint density at radius 2 is 1.91 bits per heavy atom. The quantitative estimate of drug-likeness (QED) is 0.411. The lowest BCUT2D eigenvalue weighted by molar-refractivity contribution is -0.143. The number of carbonyl (C=O) groups is 1. The van der Waals surface area contributed by atoms with E-state index in [1.165, 1.54) is 23.7 Å². The number of aromatic nitrogens is 5. The van der Waals surface area contributed by atoms with E-state index < -0.39 is 23.6 Å². The van der Waals surface area contributed by atoms with E-state index in [9.17, 15) is 22.4 Å². The predicted octanol–water partition coefficient (Wildman–Crippen LogP) is 3.73. The van der Waals surface area contributed by atoms with Crippen molar-refractivity contribution in [3.05, 3.63) is 58.8 Å². The smallest absolute Gasteiger partial charge is 0.433 e. The molecule has 5 rings (SSSR count). The lowest BCUT2D eigenvalue weighted by atomic mass is 10.0. The lowest BCUT2D eigenvalue weighted by Gasteiger charge is -2.27. The zero-order chi connectivity index (χ0) is 25.1. The molecule has 0 saturated carbocycles. The third kappa shape index (κ3) is 3.69. The van der Waals surface area contributed by atoms with E-state index in [-0.39, 0.29) is 24.3 Å². The van der Waals surface area contributed by atoms with Gasteiger partial charge >= 0.3 is 6.18 Å². The molecule has 0 atom stereocenters. The molecule has 4 aromatic rings. The van der Waals surface area contributed by atoms with Crippen molar-refractivity contribution in [1.29, 1.82) is 0 Å². The van der Waals surface area contributed by atoms with Gasteiger partial charge in [0.2, 0.25) is 0 Å². The first-order valence-electron chi connectivity index (χ1n) is 10.7. The maximum absolute atomic E-state index is 14.8. The third-order valence-electron chi connectivity index (χ3n) is 6.15. The standard InChI is InChI=1S/C23H20F4N6O2/c1-31-18(23(25,26)27)9-15(29-31)21-12-7-8-33(11-16(12)30-32(21)2)22(34)19-13-5-4-6-17(35-3)20(13)28-10-14(19)24/h4-6,9-10H,7-8,11H2,1-3H3. The van der Waals surface area contributed by atoms with E-state index in [0.29, 0.717) is 40.0 Å². The van der Waals surface area contributed by atoms with E-state index in [2.05, 4.69) is 15.2 Å². The monoisotopic (exact) mass is 488 g/mol. The van der Waals surface area contributed by atoms with Crippen LogP contribution in [0.4, 0.5) is 17.6 Å². The van der Waals surface area contributed by atoms with E-state index in [0.717, 1.165) is 16.9 Å². The Morgan fingerprint density at radius 3 is 2.60 bits per heavy atom. The Labute approximate surface area is 196 Å². The average Bonchev–Trinajstić information content (AvgIpc) is 3.35. The molecule has 8 nitrogen and oxygen atoms in total.